The molecule has 0 amide bonds. The van der Waals surface area contributed by atoms with Crippen molar-refractivity contribution >= 4 is 21.8 Å². The molecule has 0 N–H and O–H groups in total. The number of benzene rings is 2. The van der Waals surface area contributed by atoms with Crippen LogP contribution in [-0.4, -0.2) is 19.5 Å². The third kappa shape index (κ3) is 3.32. The van der Waals surface area contributed by atoms with Gasteiger partial charge in [0.2, 0.25) is 0 Å². The maximum Gasteiger partial charge on any atom is 0.123 e. The highest BCUT2D eigenvalue weighted by molar-refractivity contribution is 6.09. The third-order valence-corrected chi connectivity index (χ3v) is 5.61. The maximum atomic E-state index is 14.1. The summed E-state index contributed by atoms with van der Waals surface area (Å²) in [5, 5.41) is 1.28. The van der Waals surface area contributed by atoms with Gasteiger partial charge in [0.15, 0.2) is 0 Å². The van der Waals surface area contributed by atoms with E-state index in [1.807, 2.05) is 53.1 Å². The second kappa shape index (κ2) is 7.60. The summed E-state index contributed by atoms with van der Waals surface area (Å²) in [7, 11) is 0. The first-order chi connectivity index (χ1) is 16.2. The molecule has 33 heavy (non-hydrogen) atoms. The molecule has 0 saturated carbocycles. The number of nitrogens with zero attached hydrogens (tertiary/aromatic N) is 4. The van der Waals surface area contributed by atoms with Crippen LogP contribution in [0.15, 0.2) is 97.3 Å². The van der Waals surface area contributed by atoms with E-state index in [9.17, 15) is 8.78 Å². The molecule has 2 aromatic carbocycles. The second-order valence-corrected chi connectivity index (χ2v) is 7.68. The van der Waals surface area contributed by atoms with Crippen LogP contribution in [0.4, 0.5) is 8.78 Å². The van der Waals surface area contributed by atoms with Crippen LogP contribution in [-0.2, 0) is 0 Å². The van der Waals surface area contributed by atoms with E-state index < -0.39 is 0 Å². The Balaban J connectivity index is 1.70. The van der Waals surface area contributed by atoms with Crippen molar-refractivity contribution < 1.29 is 8.78 Å². The molecule has 4 aromatic heterocycles. The molecular formula is C27H16F2N4. The van der Waals surface area contributed by atoms with Crippen molar-refractivity contribution in [3.05, 3.63) is 109 Å². The standard InChI is InChI=1S/C27H16F2N4/c28-17-7-9-26-20(13-17)21-14-18(29)8-10-27(21)33(26)19-15-24(22-5-1-3-11-30-22)32-25(16-19)23-6-2-4-12-31-23/h1-16H. The van der Waals surface area contributed by atoms with Gasteiger partial charge in [0.1, 0.15) is 11.6 Å². The Morgan fingerprint density at radius 1 is 0.545 bits per heavy atom. The van der Waals surface area contributed by atoms with Crippen molar-refractivity contribution in [1.29, 1.82) is 0 Å². The Morgan fingerprint density at radius 3 is 1.52 bits per heavy atom. The van der Waals surface area contributed by atoms with Crippen molar-refractivity contribution in [3.63, 3.8) is 0 Å². The monoisotopic (exact) mass is 434 g/mol. The fourth-order valence-electron chi connectivity index (χ4n) is 4.18. The summed E-state index contributed by atoms with van der Waals surface area (Å²) in [6, 6.07) is 24.3. The molecule has 0 saturated heterocycles. The number of halogens is 2. The molecule has 4 nitrogen and oxygen atoms in total. The minimum Gasteiger partial charge on any atom is -0.309 e. The van der Waals surface area contributed by atoms with Gasteiger partial charge in [-0.25, -0.2) is 13.8 Å². The summed E-state index contributed by atoms with van der Waals surface area (Å²) >= 11 is 0. The molecule has 158 valence electrons. The zero-order valence-electron chi connectivity index (χ0n) is 17.3. The summed E-state index contributed by atoms with van der Waals surface area (Å²) in [6.07, 6.45) is 3.44. The molecule has 0 fully saturated rings. The topological polar surface area (TPSA) is 43.6 Å². The van der Waals surface area contributed by atoms with Gasteiger partial charge >= 0.3 is 0 Å². The van der Waals surface area contributed by atoms with E-state index in [2.05, 4.69) is 9.97 Å². The van der Waals surface area contributed by atoms with Crippen LogP contribution in [0.5, 0.6) is 0 Å². The predicted octanol–water partition coefficient (Wildman–Crippen LogP) is 6.58. The molecule has 6 rings (SSSR count). The van der Waals surface area contributed by atoms with E-state index >= 15 is 0 Å². The quantitative estimate of drug-likeness (QED) is 0.316. The van der Waals surface area contributed by atoms with Gasteiger partial charge in [0.25, 0.3) is 0 Å². The maximum absolute atomic E-state index is 14.1. The van der Waals surface area contributed by atoms with Crippen LogP contribution in [0.2, 0.25) is 0 Å². The second-order valence-electron chi connectivity index (χ2n) is 7.68. The normalized spacial score (nSPS) is 11.3. The van der Waals surface area contributed by atoms with Gasteiger partial charge in [0.05, 0.1) is 39.5 Å². The Morgan fingerprint density at radius 2 is 1.06 bits per heavy atom. The lowest BCUT2D eigenvalue weighted by molar-refractivity contribution is 0.628. The molecule has 6 aromatic rings. The van der Waals surface area contributed by atoms with Crippen molar-refractivity contribution in [3.8, 4) is 28.5 Å². The fraction of sp³-hybridized carbons (Fsp3) is 0. The van der Waals surface area contributed by atoms with Crippen LogP contribution in [0, 0.1) is 11.6 Å². The number of rotatable bonds is 3. The highest BCUT2D eigenvalue weighted by Crippen LogP contribution is 2.35. The van der Waals surface area contributed by atoms with Crippen molar-refractivity contribution in [2.75, 3.05) is 0 Å². The van der Waals surface area contributed by atoms with E-state index in [-0.39, 0.29) is 11.6 Å². The van der Waals surface area contributed by atoms with Crippen LogP contribution < -0.4 is 0 Å². The number of hydrogen-bond acceptors (Lipinski definition) is 3. The lowest BCUT2D eigenvalue weighted by Gasteiger charge is -2.12. The SMILES string of the molecule is Fc1ccc2c(c1)c1cc(F)ccc1n2-c1cc(-c2ccccn2)nc(-c2ccccn2)c1. The molecule has 6 heteroatoms. The first-order valence-electron chi connectivity index (χ1n) is 10.4. The largest absolute Gasteiger partial charge is 0.309 e. The average molecular weight is 434 g/mol. The summed E-state index contributed by atoms with van der Waals surface area (Å²) in [5.41, 5.74) is 5.11. The highest BCUT2D eigenvalue weighted by Gasteiger charge is 2.16. The third-order valence-electron chi connectivity index (χ3n) is 5.61. The molecule has 0 aliphatic rings. The number of pyridine rings is 3. The molecule has 0 bridgehead atoms. The number of hydrogen-bond donors (Lipinski definition) is 0. The molecule has 0 aliphatic carbocycles. The zero-order valence-corrected chi connectivity index (χ0v) is 17.3. The van der Waals surface area contributed by atoms with Crippen molar-refractivity contribution in [1.82, 2.24) is 19.5 Å². The van der Waals surface area contributed by atoms with Gasteiger partial charge in [-0.15, -0.1) is 0 Å². The van der Waals surface area contributed by atoms with Crippen molar-refractivity contribution in [2.24, 2.45) is 0 Å². The van der Waals surface area contributed by atoms with Crippen molar-refractivity contribution in [2.45, 2.75) is 0 Å². The summed E-state index contributed by atoms with van der Waals surface area (Å²) < 4.78 is 30.2. The molecular weight excluding hydrogens is 418 g/mol. The van der Waals surface area contributed by atoms with Crippen LogP contribution in [0.3, 0.4) is 0 Å². The van der Waals surface area contributed by atoms with E-state index in [0.717, 1.165) is 28.1 Å². The smallest absolute Gasteiger partial charge is 0.123 e. The molecule has 0 atom stereocenters. The minimum absolute atomic E-state index is 0.371. The summed E-state index contributed by atoms with van der Waals surface area (Å²) in [5.74, 6) is -0.743. The van der Waals surface area contributed by atoms with Gasteiger partial charge in [0, 0.05) is 23.2 Å². The van der Waals surface area contributed by atoms with Gasteiger partial charge in [-0.05, 0) is 72.8 Å². The lowest BCUT2D eigenvalue weighted by atomic mass is 10.1. The minimum atomic E-state index is -0.371. The summed E-state index contributed by atoms with van der Waals surface area (Å²) in [6.45, 7) is 0. The Labute approximate surface area is 187 Å². The van der Waals surface area contributed by atoms with Crippen LogP contribution >= 0.6 is 0 Å². The number of fused-ring (bicyclic) bond motifs is 3. The molecule has 0 spiro atoms. The lowest BCUT2D eigenvalue weighted by Crippen LogP contribution is -1.99. The van der Waals surface area contributed by atoms with Gasteiger partial charge in [-0.1, -0.05) is 12.1 Å². The Kier molecular flexibility index (Phi) is 4.43. The van der Waals surface area contributed by atoms with Gasteiger partial charge < -0.3 is 4.57 Å². The summed E-state index contributed by atoms with van der Waals surface area (Å²) in [4.78, 5) is 13.7. The average Bonchev–Trinajstić information content (AvgIpc) is 3.17. The highest BCUT2D eigenvalue weighted by atomic mass is 19.1. The first kappa shape index (κ1) is 19.3. The molecule has 0 aliphatic heterocycles. The van der Waals surface area contributed by atoms with E-state index in [0.29, 0.717) is 22.2 Å². The fourth-order valence-corrected chi connectivity index (χ4v) is 4.18. The van der Waals surface area contributed by atoms with Crippen LogP contribution in [0.25, 0.3) is 50.3 Å². The predicted molar refractivity (Wildman–Crippen MR) is 125 cm³/mol. The Bertz CT molecular complexity index is 1510. The van der Waals surface area contributed by atoms with Gasteiger partial charge in [-0.3, -0.25) is 9.97 Å². The van der Waals surface area contributed by atoms with E-state index in [4.69, 9.17) is 4.98 Å². The van der Waals surface area contributed by atoms with E-state index in [1.165, 1.54) is 24.3 Å². The molecule has 0 unspecified atom stereocenters. The molecule has 4 heterocycles. The number of aromatic nitrogens is 4. The van der Waals surface area contributed by atoms with Gasteiger partial charge in [-0.2, -0.15) is 0 Å². The first-order valence-corrected chi connectivity index (χ1v) is 10.4. The van der Waals surface area contributed by atoms with Crippen LogP contribution in [0.1, 0.15) is 0 Å². The molecule has 0 radical (unpaired) electrons. The Hall–Kier alpha value is -4.45. The van der Waals surface area contributed by atoms with E-state index in [1.54, 1.807) is 24.5 Å². The zero-order chi connectivity index (χ0) is 22.4.